The predicted molar refractivity (Wildman–Crippen MR) is 88.4 cm³/mol. The lowest BCUT2D eigenvalue weighted by molar-refractivity contribution is -0.125. The van der Waals surface area contributed by atoms with Gasteiger partial charge in [0.2, 0.25) is 5.91 Å². The lowest BCUT2D eigenvalue weighted by Crippen LogP contribution is -2.41. The molecule has 7 nitrogen and oxygen atoms in total. The van der Waals surface area contributed by atoms with Crippen molar-refractivity contribution in [2.24, 2.45) is 16.9 Å². The fourth-order valence-electron chi connectivity index (χ4n) is 2.23. The van der Waals surface area contributed by atoms with E-state index in [0.717, 1.165) is 0 Å². The maximum atomic E-state index is 12.5. The number of primary amides is 1. The van der Waals surface area contributed by atoms with E-state index < -0.39 is 11.3 Å². The van der Waals surface area contributed by atoms with Crippen LogP contribution in [0.4, 0.5) is 5.69 Å². The number of rotatable bonds is 9. The van der Waals surface area contributed by atoms with Crippen LogP contribution in [0, 0.1) is 5.41 Å². The Morgan fingerprint density at radius 1 is 1.22 bits per heavy atom. The van der Waals surface area contributed by atoms with Crippen molar-refractivity contribution in [3.05, 3.63) is 18.2 Å². The quantitative estimate of drug-likeness (QED) is 0.632. The summed E-state index contributed by atoms with van der Waals surface area (Å²) < 4.78 is 10.5. The van der Waals surface area contributed by atoms with Gasteiger partial charge in [-0.25, -0.2) is 0 Å². The zero-order valence-electron chi connectivity index (χ0n) is 13.8. The van der Waals surface area contributed by atoms with Crippen LogP contribution < -0.4 is 26.3 Å². The highest BCUT2D eigenvalue weighted by atomic mass is 16.5. The number of hydrogen-bond donors (Lipinski definition) is 3. The maximum Gasteiger partial charge on any atom is 0.255 e. The molecule has 1 rings (SSSR count). The van der Waals surface area contributed by atoms with E-state index in [1.54, 1.807) is 18.2 Å². The molecule has 0 bridgehead atoms. The molecule has 5 N–H and O–H groups in total. The summed E-state index contributed by atoms with van der Waals surface area (Å²) in [6, 6.07) is 4.93. The Morgan fingerprint density at radius 2 is 1.87 bits per heavy atom. The summed E-state index contributed by atoms with van der Waals surface area (Å²) in [5.41, 5.74) is 10.8. The third-order valence-corrected chi connectivity index (χ3v) is 4.02. The highest BCUT2D eigenvalue weighted by molar-refractivity contribution is 5.95. The number of benzene rings is 1. The van der Waals surface area contributed by atoms with Crippen molar-refractivity contribution in [2.45, 2.75) is 26.7 Å². The summed E-state index contributed by atoms with van der Waals surface area (Å²) in [5, 5.41) is 2.84. The van der Waals surface area contributed by atoms with Gasteiger partial charge in [-0.3, -0.25) is 9.59 Å². The van der Waals surface area contributed by atoms with Crippen molar-refractivity contribution in [3.8, 4) is 11.5 Å². The van der Waals surface area contributed by atoms with E-state index in [0.29, 0.717) is 30.0 Å². The van der Waals surface area contributed by atoms with Crippen LogP contribution in [0.1, 0.15) is 26.7 Å². The molecule has 128 valence electrons. The van der Waals surface area contributed by atoms with Crippen LogP contribution in [-0.4, -0.2) is 32.1 Å². The fourth-order valence-corrected chi connectivity index (χ4v) is 2.23. The predicted octanol–water partition coefficient (Wildman–Crippen LogP) is 1.26. The van der Waals surface area contributed by atoms with E-state index in [4.69, 9.17) is 20.9 Å². The van der Waals surface area contributed by atoms with Crippen LogP contribution in [0.3, 0.4) is 0 Å². The molecule has 0 aliphatic carbocycles. The van der Waals surface area contributed by atoms with Crippen molar-refractivity contribution in [3.63, 3.8) is 0 Å². The first-order valence-electron chi connectivity index (χ1n) is 7.53. The zero-order chi connectivity index (χ0) is 17.5. The monoisotopic (exact) mass is 323 g/mol. The van der Waals surface area contributed by atoms with E-state index >= 15 is 0 Å². The third-order valence-electron chi connectivity index (χ3n) is 4.02. The maximum absolute atomic E-state index is 12.5. The van der Waals surface area contributed by atoms with Gasteiger partial charge in [0.1, 0.15) is 0 Å². The first-order valence-corrected chi connectivity index (χ1v) is 7.53. The van der Waals surface area contributed by atoms with Gasteiger partial charge in [-0.15, -0.1) is 0 Å². The highest BCUT2D eigenvalue weighted by Gasteiger charge is 2.33. The second-order valence-electron chi connectivity index (χ2n) is 5.27. The fraction of sp³-hybridized carbons (Fsp3) is 0.500. The minimum Gasteiger partial charge on any atom is -0.493 e. The first kappa shape index (κ1) is 18.8. The van der Waals surface area contributed by atoms with Crippen LogP contribution in [0.15, 0.2) is 18.2 Å². The third kappa shape index (κ3) is 4.59. The normalized spacial score (nSPS) is 11.0. The molecule has 0 aliphatic heterocycles. The molecule has 0 radical (unpaired) electrons. The first-order chi connectivity index (χ1) is 10.9. The zero-order valence-corrected chi connectivity index (χ0v) is 13.8. The summed E-state index contributed by atoms with van der Waals surface area (Å²) in [4.78, 5) is 23.4. The number of anilines is 1. The summed E-state index contributed by atoms with van der Waals surface area (Å²) in [7, 11) is 1.48. The molecular weight excluding hydrogens is 298 g/mol. The Labute approximate surface area is 136 Å². The second kappa shape index (κ2) is 8.38. The number of hydrogen-bond acceptors (Lipinski definition) is 5. The SMILES string of the molecule is CCC(CC)(CN)C(=O)Nc1ccc(OC)c(OCC(N)=O)c1. The van der Waals surface area contributed by atoms with Crippen molar-refractivity contribution >= 4 is 17.5 Å². The Kier molecular flexibility index (Phi) is 6.84. The number of methoxy groups -OCH3 is 1. The number of nitrogens with one attached hydrogen (secondary N) is 1. The van der Waals surface area contributed by atoms with Gasteiger partial charge in [-0.2, -0.15) is 0 Å². The topological polar surface area (TPSA) is 117 Å². The van der Waals surface area contributed by atoms with Gasteiger partial charge in [0.25, 0.3) is 5.91 Å². The van der Waals surface area contributed by atoms with E-state index in [1.165, 1.54) is 7.11 Å². The minimum atomic E-state index is -0.603. The molecule has 0 atom stereocenters. The lowest BCUT2D eigenvalue weighted by atomic mass is 9.81. The summed E-state index contributed by atoms with van der Waals surface area (Å²) in [6.45, 7) is 3.87. The van der Waals surface area contributed by atoms with Gasteiger partial charge in [0.05, 0.1) is 12.5 Å². The molecule has 7 heteroatoms. The Hall–Kier alpha value is -2.28. The largest absolute Gasteiger partial charge is 0.493 e. The number of ether oxygens (including phenoxy) is 2. The van der Waals surface area contributed by atoms with Crippen molar-refractivity contribution in [1.29, 1.82) is 0 Å². The molecular formula is C16H25N3O4. The van der Waals surface area contributed by atoms with Gasteiger partial charge in [0, 0.05) is 18.3 Å². The van der Waals surface area contributed by atoms with Crippen LogP contribution in [-0.2, 0) is 9.59 Å². The lowest BCUT2D eigenvalue weighted by Gasteiger charge is -2.28. The molecule has 1 aromatic rings. The van der Waals surface area contributed by atoms with Gasteiger partial charge in [-0.05, 0) is 25.0 Å². The van der Waals surface area contributed by atoms with Gasteiger partial charge >= 0.3 is 0 Å². The Morgan fingerprint density at radius 3 is 2.35 bits per heavy atom. The molecule has 0 heterocycles. The molecule has 1 aromatic carbocycles. The number of nitrogens with two attached hydrogens (primary N) is 2. The average Bonchev–Trinajstić information content (AvgIpc) is 2.55. The van der Waals surface area contributed by atoms with Crippen LogP contribution in [0.5, 0.6) is 11.5 Å². The number of amides is 2. The van der Waals surface area contributed by atoms with Gasteiger partial charge in [-0.1, -0.05) is 13.8 Å². The van der Waals surface area contributed by atoms with E-state index in [2.05, 4.69) is 5.32 Å². The number of carbonyl (C=O) groups is 2. The number of carbonyl (C=O) groups excluding carboxylic acids is 2. The summed E-state index contributed by atoms with van der Waals surface area (Å²) in [6.07, 6.45) is 1.29. The van der Waals surface area contributed by atoms with Crippen molar-refractivity contribution in [2.75, 3.05) is 25.6 Å². The van der Waals surface area contributed by atoms with Crippen LogP contribution >= 0.6 is 0 Å². The second-order valence-corrected chi connectivity index (χ2v) is 5.27. The average molecular weight is 323 g/mol. The molecule has 0 saturated carbocycles. The van der Waals surface area contributed by atoms with Crippen LogP contribution in [0.25, 0.3) is 0 Å². The van der Waals surface area contributed by atoms with Crippen molar-refractivity contribution < 1.29 is 19.1 Å². The summed E-state index contributed by atoms with van der Waals surface area (Å²) in [5.74, 6) is 0.0346. The Balaban J connectivity index is 2.98. The smallest absolute Gasteiger partial charge is 0.255 e. The van der Waals surface area contributed by atoms with Crippen LogP contribution in [0.2, 0.25) is 0 Å². The molecule has 0 unspecified atom stereocenters. The highest BCUT2D eigenvalue weighted by Crippen LogP contribution is 2.32. The minimum absolute atomic E-state index is 0.143. The molecule has 0 aromatic heterocycles. The molecule has 0 aliphatic rings. The van der Waals surface area contributed by atoms with Crippen molar-refractivity contribution in [1.82, 2.24) is 0 Å². The molecule has 2 amide bonds. The molecule has 0 fully saturated rings. The van der Waals surface area contributed by atoms with E-state index in [1.807, 2.05) is 13.8 Å². The van der Waals surface area contributed by atoms with Gasteiger partial charge in [0.15, 0.2) is 18.1 Å². The summed E-state index contributed by atoms with van der Waals surface area (Å²) >= 11 is 0. The van der Waals surface area contributed by atoms with Gasteiger partial charge < -0.3 is 26.3 Å². The van der Waals surface area contributed by atoms with E-state index in [9.17, 15) is 9.59 Å². The molecule has 23 heavy (non-hydrogen) atoms. The van der Waals surface area contributed by atoms with E-state index in [-0.39, 0.29) is 19.1 Å². The molecule has 0 spiro atoms. The standard InChI is InChI=1S/C16H25N3O4/c1-4-16(5-2,10-17)15(21)19-11-6-7-12(22-3)13(8-11)23-9-14(18)20/h6-8H,4-5,9-10,17H2,1-3H3,(H2,18,20)(H,19,21). The Bertz CT molecular complexity index is 548. The molecule has 0 saturated heterocycles.